The minimum absolute atomic E-state index is 0.196. The zero-order valence-corrected chi connectivity index (χ0v) is 12.5. The van der Waals surface area contributed by atoms with E-state index in [0.717, 1.165) is 31.5 Å². The number of nitrogens with zero attached hydrogens (tertiary/aromatic N) is 3. The number of benzene rings is 1. The maximum Gasteiger partial charge on any atom is 0.213 e. The van der Waals surface area contributed by atoms with Gasteiger partial charge in [0.2, 0.25) is 5.88 Å². The number of methoxy groups -OCH3 is 1. The standard InChI is InChI=1S/C17H18FN3O/c1-22-17-7-5-14(12-20-17)19-11-13-4-6-16(15(18)10-13)21-8-2-3-9-21/h4-7,10-12H,2-3,8-9H2,1H3. The lowest BCUT2D eigenvalue weighted by Gasteiger charge is -2.18. The van der Waals surface area contributed by atoms with Crippen LogP contribution in [0.3, 0.4) is 0 Å². The molecule has 1 aromatic heterocycles. The normalized spacial score (nSPS) is 14.7. The van der Waals surface area contributed by atoms with Crippen molar-refractivity contribution in [3.63, 3.8) is 0 Å². The zero-order valence-electron chi connectivity index (χ0n) is 12.5. The average molecular weight is 299 g/mol. The molecule has 22 heavy (non-hydrogen) atoms. The average Bonchev–Trinajstić information content (AvgIpc) is 3.07. The molecule has 5 heteroatoms. The second-order valence-corrected chi connectivity index (χ2v) is 5.22. The molecule has 2 aromatic rings. The summed E-state index contributed by atoms with van der Waals surface area (Å²) in [6.07, 6.45) is 5.52. The van der Waals surface area contributed by atoms with E-state index in [4.69, 9.17) is 4.74 Å². The molecule has 0 amide bonds. The Balaban J connectivity index is 1.74. The van der Waals surface area contributed by atoms with Crippen LogP contribution < -0.4 is 9.64 Å². The molecule has 1 aliphatic rings. The van der Waals surface area contributed by atoms with E-state index in [9.17, 15) is 4.39 Å². The molecule has 1 aromatic carbocycles. The van der Waals surface area contributed by atoms with E-state index >= 15 is 0 Å². The van der Waals surface area contributed by atoms with Gasteiger partial charge >= 0.3 is 0 Å². The fraction of sp³-hybridized carbons (Fsp3) is 0.294. The Morgan fingerprint density at radius 3 is 2.68 bits per heavy atom. The van der Waals surface area contributed by atoms with E-state index < -0.39 is 0 Å². The molecule has 0 N–H and O–H groups in total. The lowest BCUT2D eigenvalue weighted by molar-refractivity contribution is 0.398. The van der Waals surface area contributed by atoms with Crippen molar-refractivity contribution in [2.75, 3.05) is 25.1 Å². The summed E-state index contributed by atoms with van der Waals surface area (Å²) in [6.45, 7) is 1.86. The summed E-state index contributed by atoms with van der Waals surface area (Å²) in [4.78, 5) is 10.5. The summed E-state index contributed by atoms with van der Waals surface area (Å²) in [5.74, 6) is 0.346. The van der Waals surface area contributed by atoms with Gasteiger partial charge in [-0.3, -0.25) is 4.99 Å². The molecule has 1 saturated heterocycles. The predicted molar refractivity (Wildman–Crippen MR) is 85.9 cm³/mol. The third-order valence-electron chi connectivity index (χ3n) is 3.71. The highest BCUT2D eigenvalue weighted by atomic mass is 19.1. The highest BCUT2D eigenvalue weighted by molar-refractivity contribution is 5.82. The van der Waals surface area contributed by atoms with Crippen LogP contribution in [0.2, 0.25) is 0 Å². The van der Waals surface area contributed by atoms with Gasteiger partial charge in [0.25, 0.3) is 0 Å². The van der Waals surface area contributed by atoms with Gasteiger partial charge in [-0.15, -0.1) is 0 Å². The Labute approximate surface area is 129 Å². The Bertz CT molecular complexity index is 664. The van der Waals surface area contributed by atoms with Crippen molar-refractivity contribution in [1.82, 2.24) is 4.98 Å². The second kappa shape index (κ2) is 6.56. The molecule has 0 atom stereocenters. The van der Waals surface area contributed by atoms with Crippen LogP contribution in [0.4, 0.5) is 15.8 Å². The number of halogens is 1. The number of hydrogen-bond acceptors (Lipinski definition) is 4. The number of aromatic nitrogens is 1. The van der Waals surface area contributed by atoms with Gasteiger partial charge in [0.05, 0.1) is 24.7 Å². The van der Waals surface area contributed by atoms with Gasteiger partial charge in [0, 0.05) is 25.4 Å². The summed E-state index contributed by atoms with van der Waals surface area (Å²) in [6, 6.07) is 8.78. The number of anilines is 1. The van der Waals surface area contributed by atoms with Crippen molar-refractivity contribution in [2.24, 2.45) is 4.99 Å². The van der Waals surface area contributed by atoms with Gasteiger partial charge < -0.3 is 9.64 Å². The quantitative estimate of drug-likeness (QED) is 0.810. The van der Waals surface area contributed by atoms with E-state index in [1.165, 1.54) is 6.07 Å². The molecule has 2 heterocycles. The van der Waals surface area contributed by atoms with Crippen LogP contribution in [0.25, 0.3) is 0 Å². The van der Waals surface area contributed by atoms with E-state index in [1.807, 2.05) is 12.1 Å². The number of hydrogen-bond donors (Lipinski definition) is 0. The van der Waals surface area contributed by atoms with Gasteiger partial charge in [0.1, 0.15) is 5.82 Å². The largest absolute Gasteiger partial charge is 0.481 e. The fourth-order valence-electron chi connectivity index (χ4n) is 2.54. The first-order valence-corrected chi connectivity index (χ1v) is 7.35. The molecule has 1 fully saturated rings. The van der Waals surface area contributed by atoms with Crippen LogP contribution in [-0.4, -0.2) is 31.4 Å². The minimum atomic E-state index is -0.196. The molecule has 0 spiro atoms. The Morgan fingerprint density at radius 2 is 2.05 bits per heavy atom. The Kier molecular flexibility index (Phi) is 4.32. The summed E-state index contributed by atoms with van der Waals surface area (Å²) >= 11 is 0. The first kappa shape index (κ1) is 14.5. The van der Waals surface area contributed by atoms with Gasteiger partial charge in [0.15, 0.2) is 0 Å². The van der Waals surface area contributed by atoms with Crippen LogP contribution in [0, 0.1) is 5.82 Å². The summed E-state index contributed by atoms with van der Waals surface area (Å²) in [5.41, 5.74) is 2.11. The van der Waals surface area contributed by atoms with E-state index in [0.29, 0.717) is 17.3 Å². The second-order valence-electron chi connectivity index (χ2n) is 5.22. The molecule has 114 valence electrons. The number of rotatable bonds is 4. The first-order valence-electron chi connectivity index (χ1n) is 7.35. The zero-order chi connectivity index (χ0) is 15.4. The van der Waals surface area contributed by atoms with Crippen LogP contribution >= 0.6 is 0 Å². The number of aliphatic imine (C=N–C) groups is 1. The van der Waals surface area contributed by atoms with E-state index in [2.05, 4.69) is 14.9 Å². The lowest BCUT2D eigenvalue weighted by Crippen LogP contribution is -2.18. The first-order chi connectivity index (χ1) is 10.8. The monoisotopic (exact) mass is 299 g/mol. The van der Waals surface area contributed by atoms with Crippen molar-refractivity contribution in [2.45, 2.75) is 12.8 Å². The molecule has 0 unspecified atom stereocenters. The van der Waals surface area contributed by atoms with Crippen LogP contribution in [0.1, 0.15) is 18.4 Å². The van der Waals surface area contributed by atoms with Gasteiger partial charge in [-0.25, -0.2) is 9.37 Å². The summed E-state index contributed by atoms with van der Waals surface area (Å²) in [5, 5.41) is 0. The van der Waals surface area contributed by atoms with Crippen molar-refractivity contribution in [1.29, 1.82) is 0 Å². The van der Waals surface area contributed by atoms with Gasteiger partial charge in [-0.05, 0) is 36.6 Å². The van der Waals surface area contributed by atoms with Crippen molar-refractivity contribution in [3.05, 3.63) is 47.9 Å². The lowest BCUT2D eigenvalue weighted by atomic mass is 10.2. The third-order valence-corrected chi connectivity index (χ3v) is 3.71. The number of pyridine rings is 1. The van der Waals surface area contributed by atoms with Crippen molar-refractivity contribution >= 4 is 17.6 Å². The molecule has 0 radical (unpaired) electrons. The maximum atomic E-state index is 14.2. The highest BCUT2D eigenvalue weighted by Crippen LogP contribution is 2.24. The van der Waals surface area contributed by atoms with Gasteiger partial charge in [-0.1, -0.05) is 6.07 Å². The Morgan fingerprint density at radius 1 is 1.23 bits per heavy atom. The van der Waals surface area contributed by atoms with Crippen LogP contribution in [-0.2, 0) is 0 Å². The smallest absolute Gasteiger partial charge is 0.213 e. The van der Waals surface area contributed by atoms with Crippen molar-refractivity contribution < 1.29 is 9.13 Å². The summed E-state index contributed by atoms with van der Waals surface area (Å²) in [7, 11) is 1.57. The molecular weight excluding hydrogens is 281 g/mol. The fourth-order valence-corrected chi connectivity index (χ4v) is 2.54. The molecular formula is C17H18FN3O. The highest BCUT2D eigenvalue weighted by Gasteiger charge is 2.15. The maximum absolute atomic E-state index is 14.2. The molecule has 1 aliphatic heterocycles. The topological polar surface area (TPSA) is 37.7 Å². The molecule has 0 saturated carbocycles. The molecule has 0 bridgehead atoms. The third kappa shape index (κ3) is 3.24. The molecule has 4 nitrogen and oxygen atoms in total. The van der Waals surface area contributed by atoms with E-state index in [-0.39, 0.29) is 5.82 Å². The van der Waals surface area contributed by atoms with Crippen molar-refractivity contribution in [3.8, 4) is 5.88 Å². The molecule has 0 aliphatic carbocycles. The number of ether oxygens (including phenoxy) is 1. The van der Waals surface area contributed by atoms with Gasteiger partial charge in [-0.2, -0.15) is 0 Å². The Hall–Kier alpha value is -2.43. The summed E-state index contributed by atoms with van der Waals surface area (Å²) < 4.78 is 19.2. The SMILES string of the molecule is COc1ccc(N=Cc2ccc(N3CCCC3)c(F)c2)cn1. The van der Waals surface area contributed by atoms with Crippen LogP contribution in [0.15, 0.2) is 41.5 Å². The van der Waals surface area contributed by atoms with E-state index in [1.54, 1.807) is 31.7 Å². The molecule has 3 rings (SSSR count). The van der Waals surface area contributed by atoms with Crippen LogP contribution in [0.5, 0.6) is 5.88 Å². The predicted octanol–water partition coefficient (Wildman–Crippen LogP) is 3.58. The minimum Gasteiger partial charge on any atom is -0.481 e.